The van der Waals surface area contributed by atoms with Gasteiger partial charge in [-0.2, -0.15) is 5.26 Å². The summed E-state index contributed by atoms with van der Waals surface area (Å²) in [6, 6.07) is 5.02. The van der Waals surface area contributed by atoms with E-state index in [9.17, 15) is 9.65 Å². The van der Waals surface area contributed by atoms with E-state index in [1.165, 1.54) is 29.9 Å². The van der Waals surface area contributed by atoms with Crippen molar-refractivity contribution in [3.8, 4) is 6.07 Å². The van der Waals surface area contributed by atoms with Gasteiger partial charge in [-0.05, 0) is 92.5 Å². The molecule has 1 unspecified atom stereocenters. The molecule has 1 fully saturated rings. The molecule has 1 aromatic rings. The second-order valence-corrected chi connectivity index (χ2v) is 10.3. The van der Waals surface area contributed by atoms with Crippen molar-refractivity contribution in [3.63, 3.8) is 0 Å². The maximum absolute atomic E-state index is 16.0. The first-order valence-corrected chi connectivity index (χ1v) is 13.8. The van der Waals surface area contributed by atoms with Crippen molar-refractivity contribution < 1.29 is 13.2 Å². The van der Waals surface area contributed by atoms with Crippen molar-refractivity contribution in [2.75, 3.05) is 13.1 Å². The van der Waals surface area contributed by atoms with Gasteiger partial charge in [-0.1, -0.05) is 45.6 Å². The number of hydrogen-bond acceptors (Lipinski definition) is 3. The van der Waals surface area contributed by atoms with Crippen molar-refractivity contribution >= 4 is 11.8 Å². The van der Waals surface area contributed by atoms with Gasteiger partial charge < -0.3 is 4.90 Å². The molecular weight excluding hydrogens is 507 g/mol. The Labute approximate surface area is 236 Å². The fraction of sp³-hybridized carbons (Fsp3) is 0.353. The normalized spacial score (nSPS) is 21.1. The Morgan fingerprint density at radius 1 is 1.23 bits per heavy atom. The first kappa shape index (κ1) is 30.7. The van der Waals surface area contributed by atoms with E-state index >= 15 is 8.78 Å². The van der Waals surface area contributed by atoms with Crippen LogP contribution in [0.25, 0.3) is 6.08 Å². The summed E-state index contributed by atoms with van der Waals surface area (Å²) in [5, 5.41) is 9.73. The quantitative estimate of drug-likeness (QED) is 0.195. The third-order valence-corrected chi connectivity index (χ3v) is 7.81. The molecule has 40 heavy (non-hydrogen) atoms. The molecule has 1 aliphatic carbocycles. The number of likely N-dealkylation sites (tertiary alicyclic amines) is 1. The molecule has 3 nitrogen and oxygen atoms in total. The Morgan fingerprint density at radius 2 is 1.95 bits per heavy atom. The molecule has 0 aromatic heterocycles. The van der Waals surface area contributed by atoms with Crippen molar-refractivity contribution in [3.05, 3.63) is 111 Å². The number of rotatable bonds is 7. The van der Waals surface area contributed by atoms with E-state index in [4.69, 9.17) is 0 Å². The van der Waals surface area contributed by atoms with Crippen molar-refractivity contribution in [1.82, 2.24) is 4.90 Å². The zero-order valence-electron chi connectivity index (χ0n) is 24.2. The van der Waals surface area contributed by atoms with Crippen LogP contribution in [0.15, 0.2) is 93.9 Å². The second kappa shape index (κ2) is 13.5. The van der Waals surface area contributed by atoms with E-state index in [1.54, 1.807) is 19.1 Å². The van der Waals surface area contributed by atoms with Gasteiger partial charge in [-0.3, -0.25) is 4.99 Å². The Morgan fingerprint density at radius 3 is 2.60 bits per heavy atom. The van der Waals surface area contributed by atoms with Crippen molar-refractivity contribution in [2.24, 2.45) is 10.9 Å². The Bertz CT molecular complexity index is 1430. The van der Waals surface area contributed by atoms with Crippen LogP contribution in [0.3, 0.4) is 0 Å². The van der Waals surface area contributed by atoms with Crippen LogP contribution >= 0.6 is 0 Å². The van der Waals surface area contributed by atoms with E-state index in [0.29, 0.717) is 47.7 Å². The molecule has 0 amide bonds. The molecule has 0 bridgehead atoms. The summed E-state index contributed by atoms with van der Waals surface area (Å²) in [5.41, 5.74) is 4.67. The molecular formula is C34H38F3N3. The Balaban J connectivity index is 2.05. The van der Waals surface area contributed by atoms with E-state index in [2.05, 4.69) is 36.0 Å². The molecule has 0 saturated carbocycles. The highest BCUT2D eigenvalue weighted by Gasteiger charge is 2.28. The smallest absolute Gasteiger partial charge is 0.159 e. The van der Waals surface area contributed by atoms with Crippen LogP contribution in [0.1, 0.15) is 63.6 Å². The van der Waals surface area contributed by atoms with Gasteiger partial charge in [0.25, 0.3) is 0 Å². The average molecular weight is 546 g/mol. The molecule has 3 rings (SSSR count). The van der Waals surface area contributed by atoms with Crippen molar-refractivity contribution in [1.29, 1.82) is 5.26 Å². The highest BCUT2D eigenvalue weighted by atomic mass is 19.1. The lowest BCUT2D eigenvalue weighted by molar-refractivity contribution is 0.352. The molecule has 210 valence electrons. The fourth-order valence-electron chi connectivity index (χ4n) is 4.89. The van der Waals surface area contributed by atoms with Crippen LogP contribution in [0.2, 0.25) is 0 Å². The number of halogens is 3. The fourth-order valence-corrected chi connectivity index (χ4v) is 4.89. The van der Waals surface area contributed by atoms with E-state index in [1.807, 2.05) is 20.8 Å². The lowest BCUT2D eigenvalue weighted by atomic mass is 9.94. The highest BCUT2D eigenvalue weighted by molar-refractivity contribution is 6.16. The van der Waals surface area contributed by atoms with E-state index in [-0.39, 0.29) is 22.7 Å². The van der Waals surface area contributed by atoms with Crippen LogP contribution in [0.4, 0.5) is 13.2 Å². The van der Waals surface area contributed by atoms with Crippen molar-refractivity contribution in [2.45, 2.75) is 60.3 Å². The molecule has 1 aliphatic heterocycles. The topological polar surface area (TPSA) is 39.4 Å². The average Bonchev–Trinajstić information content (AvgIpc) is 3.10. The first-order chi connectivity index (χ1) is 19.0. The zero-order chi connectivity index (χ0) is 29.6. The van der Waals surface area contributed by atoms with Crippen LogP contribution in [-0.4, -0.2) is 23.7 Å². The predicted molar refractivity (Wildman–Crippen MR) is 159 cm³/mol. The van der Waals surface area contributed by atoms with Crippen LogP contribution in [-0.2, 0) is 6.42 Å². The summed E-state index contributed by atoms with van der Waals surface area (Å²) in [7, 11) is 0. The number of allylic oxidation sites excluding steroid dienone is 10. The molecule has 1 heterocycles. The number of hydrogen-bond donors (Lipinski definition) is 0. The summed E-state index contributed by atoms with van der Waals surface area (Å²) in [4.78, 5) is 6.59. The zero-order valence-corrected chi connectivity index (χ0v) is 24.2. The minimum atomic E-state index is -0.809. The summed E-state index contributed by atoms with van der Waals surface area (Å²) >= 11 is 0. The summed E-state index contributed by atoms with van der Waals surface area (Å²) in [5.74, 6) is -1.47. The van der Waals surface area contributed by atoms with Gasteiger partial charge in [0, 0.05) is 35.6 Å². The third-order valence-electron chi connectivity index (χ3n) is 7.81. The van der Waals surface area contributed by atoms with E-state index in [0.717, 1.165) is 30.6 Å². The van der Waals surface area contributed by atoms with Gasteiger partial charge in [0.15, 0.2) is 5.83 Å². The second-order valence-electron chi connectivity index (χ2n) is 10.3. The molecule has 0 N–H and O–H groups in total. The number of nitrogens with zero attached hydrogens (tertiary/aromatic N) is 3. The third kappa shape index (κ3) is 6.83. The molecule has 1 saturated heterocycles. The molecule has 0 spiro atoms. The molecule has 0 radical (unpaired) electrons. The minimum Gasteiger partial charge on any atom is -0.374 e. The molecule has 1 aromatic carbocycles. The Hall–Kier alpha value is -3.85. The molecule has 1 atom stereocenters. The molecule has 2 aliphatic rings. The van der Waals surface area contributed by atoms with E-state index < -0.39 is 11.7 Å². The van der Waals surface area contributed by atoms with Gasteiger partial charge in [-0.25, -0.2) is 13.2 Å². The standard InChI is InChI=1S/C34H38F3N3/c1-8-23(5)39-34-30(25(7)40-16-14-21(3)22(4)15-17-40)19-32(36)29(33(34)37)12-10-26(20-38)18-27-11-13-31(35)28(9-2)24(27)6/h10-13,18-19,22H,3,5,8-9,14-17H2,1-2,4,6-7H3/b12-10+,26-18+,30-25+,39-34+. The number of nitriles is 1. The first-order valence-electron chi connectivity index (χ1n) is 13.8. The maximum atomic E-state index is 16.0. The van der Waals surface area contributed by atoms with Gasteiger partial charge in [0.2, 0.25) is 0 Å². The van der Waals surface area contributed by atoms with Crippen LogP contribution in [0, 0.1) is 30.0 Å². The lowest BCUT2D eigenvalue weighted by Gasteiger charge is -2.27. The van der Waals surface area contributed by atoms with Gasteiger partial charge >= 0.3 is 0 Å². The summed E-state index contributed by atoms with van der Waals surface area (Å²) in [6.45, 7) is 19.1. The molecule has 6 heteroatoms. The SMILES string of the molecule is C=C(CC)/N=C1C(F)=C(/C=C/C(C#N)=C\c2ccc(F)c(CC)c2C)C(F)=CC/1=C(/C)N1CCC(=C)C(C)CC1. The largest absolute Gasteiger partial charge is 0.374 e. The highest BCUT2D eigenvalue weighted by Crippen LogP contribution is 2.34. The maximum Gasteiger partial charge on any atom is 0.159 e. The Kier molecular flexibility index (Phi) is 10.3. The van der Waals surface area contributed by atoms with Gasteiger partial charge in [0.1, 0.15) is 17.4 Å². The summed E-state index contributed by atoms with van der Waals surface area (Å²) in [6.07, 6.45) is 8.27. The lowest BCUT2D eigenvalue weighted by Crippen LogP contribution is -2.26. The summed E-state index contributed by atoms with van der Waals surface area (Å²) < 4.78 is 45.6. The predicted octanol–water partition coefficient (Wildman–Crippen LogP) is 9.18. The monoisotopic (exact) mass is 545 g/mol. The number of aliphatic imine (C=N–C) groups is 1. The van der Waals surface area contributed by atoms with Crippen LogP contribution < -0.4 is 0 Å². The van der Waals surface area contributed by atoms with Crippen LogP contribution in [0.5, 0.6) is 0 Å². The number of benzene rings is 1. The van der Waals surface area contributed by atoms with Gasteiger partial charge in [-0.15, -0.1) is 0 Å². The van der Waals surface area contributed by atoms with Gasteiger partial charge in [0.05, 0.1) is 11.6 Å². The minimum absolute atomic E-state index is 0.0333.